The highest BCUT2D eigenvalue weighted by molar-refractivity contribution is 9.10. The third kappa shape index (κ3) is 3.66. The van der Waals surface area contributed by atoms with Crippen molar-refractivity contribution in [1.82, 2.24) is 4.90 Å². The molecule has 0 radical (unpaired) electrons. The highest BCUT2D eigenvalue weighted by Gasteiger charge is 2.11. The van der Waals surface area contributed by atoms with Crippen molar-refractivity contribution in [2.75, 3.05) is 39.5 Å². The van der Waals surface area contributed by atoms with Gasteiger partial charge in [0.25, 0.3) is 0 Å². The molecule has 1 aliphatic rings. The number of halogens is 2. The van der Waals surface area contributed by atoms with Crippen LogP contribution >= 0.6 is 15.9 Å². The maximum atomic E-state index is 13.2. The van der Waals surface area contributed by atoms with Gasteiger partial charge in [-0.05, 0) is 28.1 Å². The Morgan fingerprint density at radius 1 is 1.35 bits per heavy atom. The standard InChI is InChI=1S/C12H15BrFNO2/c13-12-10(14)2-1-3-11(12)17-9-6-15-4-7-16-8-5-15/h1-3H,4-9H2. The molecule has 1 fully saturated rings. The van der Waals surface area contributed by atoms with Crippen LogP contribution < -0.4 is 4.74 Å². The molecular weight excluding hydrogens is 289 g/mol. The number of rotatable bonds is 4. The molecule has 0 aliphatic carbocycles. The Labute approximate surface area is 109 Å². The summed E-state index contributed by atoms with van der Waals surface area (Å²) in [5, 5.41) is 0. The molecule has 17 heavy (non-hydrogen) atoms. The van der Waals surface area contributed by atoms with Crippen molar-refractivity contribution in [3.8, 4) is 5.75 Å². The summed E-state index contributed by atoms with van der Waals surface area (Å²) >= 11 is 3.17. The van der Waals surface area contributed by atoms with E-state index in [4.69, 9.17) is 9.47 Å². The van der Waals surface area contributed by atoms with E-state index in [0.29, 0.717) is 16.8 Å². The number of nitrogens with zero attached hydrogens (tertiary/aromatic N) is 1. The second-order valence-corrected chi connectivity index (χ2v) is 4.65. The predicted molar refractivity (Wildman–Crippen MR) is 66.9 cm³/mol. The first-order valence-electron chi connectivity index (χ1n) is 5.64. The lowest BCUT2D eigenvalue weighted by atomic mass is 10.3. The summed E-state index contributed by atoms with van der Waals surface area (Å²) in [6.07, 6.45) is 0. The Morgan fingerprint density at radius 3 is 2.88 bits per heavy atom. The molecular formula is C12H15BrFNO2. The number of hydrogen-bond donors (Lipinski definition) is 0. The second kappa shape index (κ2) is 6.33. The highest BCUT2D eigenvalue weighted by atomic mass is 79.9. The van der Waals surface area contributed by atoms with Crippen LogP contribution in [0, 0.1) is 5.82 Å². The minimum atomic E-state index is -0.297. The highest BCUT2D eigenvalue weighted by Crippen LogP contribution is 2.27. The molecule has 0 amide bonds. The average molecular weight is 304 g/mol. The second-order valence-electron chi connectivity index (χ2n) is 3.85. The molecule has 0 aromatic heterocycles. The van der Waals surface area contributed by atoms with Crippen LogP contribution in [-0.4, -0.2) is 44.4 Å². The third-order valence-electron chi connectivity index (χ3n) is 2.68. The Morgan fingerprint density at radius 2 is 2.12 bits per heavy atom. The Balaban J connectivity index is 1.79. The molecule has 0 saturated carbocycles. The summed E-state index contributed by atoms with van der Waals surface area (Å²) in [6.45, 7) is 4.84. The molecule has 0 bridgehead atoms. The first-order valence-corrected chi connectivity index (χ1v) is 6.43. The van der Waals surface area contributed by atoms with E-state index in [1.807, 2.05) is 0 Å². The van der Waals surface area contributed by atoms with Crippen LogP contribution in [0.25, 0.3) is 0 Å². The molecule has 3 nitrogen and oxygen atoms in total. The first-order chi connectivity index (χ1) is 8.27. The van der Waals surface area contributed by atoms with E-state index in [2.05, 4.69) is 20.8 Å². The van der Waals surface area contributed by atoms with Crippen LogP contribution in [0.4, 0.5) is 4.39 Å². The molecule has 0 unspecified atom stereocenters. The Bertz CT molecular complexity index is 370. The molecule has 1 heterocycles. The molecule has 1 aliphatic heterocycles. The molecule has 1 saturated heterocycles. The van der Waals surface area contributed by atoms with Gasteiger partial charge in [0.05, 0.1) is 17.7 Å². The zero-order chi connectivity index (χ0) is 12.1. The fourth-order valence-corrected chi connectivity index (χ4v) is 2.08. The van der Waals surface area contributed by atoms with Gasteiger partial charge in [0.1, 0.15) is 18.2 Å². The van der Waals surface area contributed by atoms with Gasteiger partial charge < -0.3 is 9.47 Å². The molecule has 94 valence electrons. The smallest absolute Gasteiger partial charge is 0.141 e. The van der Waals surface area contributed by atoms with E-state index in [0.717, 1.165) is 32.8 Å². The maximum Gasteiger partial charge on any atom is 0.141 e. The summed E-state index contributed by atoms with van der Waals surface area (Å²) < 4.78 is 24.4. The molecule has 1 aromatic carbocycles. The van der Waals surface area contributed by atoms with E-state index in [1.165, 1.54) is 6.07 Å². The van der Waals surface area contributed by atoms with E-state index in [9.17, 15) is 4.39 Å². The zero-order valence-corrected chi connectivity index (χ0v) is 11.1. The van der Waals surface area contributed by atoms with Crippen molar-refractivity contribution in [2.24, 2.45) is 0 Å². The van der Waals surface area contributed by atoms with Gasteiger partial charge in [0.15, 0.2) is 0 Å². The lowest BCUT2D eigenvalue weighted by Crippen LogP contribution is -2.38. The summed E-state index contributed by atoms with van der Waals surface area (Å²) in [5.41, 5.74) is 0. The van der Waals surface area contributed by atoms with Crippen LogP contribution in [-0.2, 0) is 4.74 Å². The quantitative estimate of drug-likeness (QED) is 0.852. The summed E-state index contributed by atoms with van der Waals surface area (Å²) in [4.78, 5) is 2.27. The van der Waals surface area contributed by atoms with E-state index in [1.54, 1.807) is 12.1 Å². The van der Waals surface area contributed by atoms with Crippen molar-refractivity contribution < 1.29 is 13.9 Å². The predicted octanol–water partition coefficient (Wildman–Crippen LogP) is 2.30. The van der Waals surface area contributed by atoms with Crippen molar-refractivity contribution in [2.45, 2.75) is 0 Å². The van der Waals surface area contributed by atoms with Crippen molar-refractivity contribution >= 4 is 15.9 Å². The van der Waals surface area contributed by atoms with Gasteiger partial charge in [-0.25, -0.2) is 4.39 Å². The van der Waals surface area contributed by atoms with Crippen molar-refractivity contribution in [1.29, 1.82) is 0 Å². The Kier molecular flexibility index (Phi) is 4.76. The fraction of sp³-hybridized carbons (Fsp3) is 0.500. The average Bonchev–Trinajstić information content (AvgIpc) is 2.36. The largest absolute Gasteiger partial charge is 0.491 e. The van der Waals surface area contributed by atoms with Crippen molar-refractivity contribution in [3.63, 3.8) is 0 Å². The third-order valence-corrected chi connectivity index (χ3v) is 3.45. The first kappa shape index (κ1) is 12.8. The number of ether oxygens (including phenoxy) is 2. The molecule has 0 atom stereocenters. The summed E-state index contributed by atoms with van der Waals surface area (Å²) in [5.74, 6) is 0.257. The van der Waals surface area contributed by atoms with Crippen LogP contribution in [0.15, 0.2) is 22.7 Å². The van der Waals surface area contributed by atoms with Gasteiger partial charge in [-0.2, -0.15) is 0 Å². The Hall–Kier alpha value is -0.650. The van der Waals surface area contributed by atoms with Gasteiger partial charge in [0, 0.05) is 19.6 Å². The maximum absolute atomic E-state index is 13.2. The minimum absolute atomic E-state index is 0.297. The summed E-state index contributed by atoms with van der Waals surface area (Å²) in [7, 11) is 0. The summed E-state index contributed by atoms with van der Waals surface area (Å²) in [6, 6.07) is 4.80. The minimum Gasteiger partial charge on any atom is -0.491 e. The number of hydrogen-bond acceptors (Lipinski definition) is 3. The van der Waals surface area contributed by atoms with Gasteiger partial charge in [-0.15, -0.1) is 0 Å². The van der Waals surface area contributed by atoms with Crippen LogP contribution in [0.2, 0.25) is 0 Å². The van der Waals surface area contributed by atoms with Gasteiger partial charge in [-0.1, -0.05) is 6.07 Å². The van der Waals surface area contributed by atoms with Crippen molar-refractivity contribution in [3.05, 3.63) is 28.5 Å². The van der Waals surface area contributed by atoms with Crippen LogP contribution in [0.1, 0.15) is 0 Å². The fourth-order valence-electron chi connectivity index (χ4n) is 1.70. The van der Waals surface area contributed by atoms with Gasteiger partial charge in [-0.3, -0.25) is 4.90 Å². The SMILES string of the molecule is Fc1cccc(OCCN2CCOCC2)c1Br. The zero-order valence-electron chi connectivity index (χ0n) is 9.49. The monoisotopic (exact) mass is 303 g/mol. The van der Waals surface area contributed by atoms with E-state index in [-0.39, 0.29) is 5.82 Å². The lowest BCUT2D eigenvalue weighted by molar-refractivity contribution is 0.0322. The lowest BCUT2D eigenvalue weighted by Gasteiger charge is -2.26. The van der Waals surface area contributed by atoms with E-state index < -0.39 is 0 Å². The normalized spacial score (nSPS) is 17.1. The topological polar surface area (TPSA) is 21.7 Å². The molecule has 2 rings (SSSR count). The van der Waals surface area contributed by atoms with Crippen LogP contribution in [0.5, 0.6) is 5.75 Å². The van der Waals surface area contributed by atoms with Gasteiger partial charge >= 0.3 is 0 Å². The van der Waals surface area contributed by atoms with Crippen LogP contribution in [0.3, 0.4) is 0 Å². The molecule has 0 N–H and O–H groups in total. The number of morpholine rings is 1. The van der Waals surface area contributed by atoms with Gasteiger partial charge in [0.2, 0.25) is 0 Å². The molecule has 0 spiro atoms. The van der Waals surface area contributed by atoms with E-state index >= 15 is 0 Å². The molecule has 1 aromatic rings. The number of benzene rings is 1. The molecule has 5 heteroatoms.